The predicted molar refractivity (Wildman–Crippen MR) is 51.3 cm³/mol. The molecule has 74 valence electrons. The summed E-state index contributed by atoms with van der Waals surface area (Å²) < 4.78 is 4.24. The highest BCUT2D eigenvalue weighted by Crippen LogP contribution is 2.02. The van der Waals surface area contributed by atoms with Gasteiger partial charge >= 0.3 is 0 Å². The molecule has 0 fully saturated rings. The van der Waals surface area contributed by atoms with Crippen LogP contribution in [0.3, 0.4) is 0 Å². The van der Waals surface area contributed by atoms with Crippen LogP contribution in [-0.4, -0.2) is 4.68 Å². The Bertz CT molecular complexity index is 387. The van der Waals surface area contributed by atoms with Crippen molar-refractivity contribution in [3.05, 3.63) is 54.1 Å². The molecule has 0 spiro atoms. The first kappa shape index (κ1) is 11.2. The highest BCUT2D eigenvalue weighted by atomic mass is 127. The molecule has 2 heterocycles. The highest BCUT2D eigenvalue weighted by molar-refractivity contribution is 5.11. The van der Waals surface area contributed by atoms with Crippen LogP contribution in [0.4, 0.5) is 0 Å². The summed E-state index contributed by atoms with van der Waals surface area (Å²) in [5.41, 5.74) is 2.49. The van der Waals surface area contributed by atoms with Crippen LogP contribution in [0.15, 0.2) is 42.7 Å². The normalized spacial score (nSPS) is 9.57. The summed E-state index contributed by atoms with van der Waals surface area (Å²) in [5.74, 6) is 0. The van der Waals surface area contributed by atoms with Gasteiger partial charge in [-0.3, -0.25) is 0 Å². The first-order chi connectivity index (χ1) is 6.29. The van der Waals surface area contributed by atoms with E-state index < -0.39 is 0 Å². The predicted octanol–water partition coefficient (Wildman–Crippen LogP) is -1.29. The van der Waals surface area contributed by atoms with Crippen LogP contribution < -0.4 is 28.7 Å². The Morgan fingerprint density at radius 2 is 1.43 bits per heavy atom. The monoisotopic (exact) mass is 300 g/mol. The largest absolute Gasteiger partial charge is 1.00 e. The maximum Gasteiger partial charge on any atom is 0.200 e. The molecule has 0 aromatic carbocycles. The summed E-state index contributed by atoms with van der Waals surface area (Å²) in [6.45, 7) is 4.21. The minimum Gasteiger partial charge on any atom is -1.00 e. The quantitative estimate of drug-likeness (QED) is 0.458. The molecule has 0 saturated carbocycles. The number of hydrogen-bond acceptors (Lipinski definition) is 0. The topological polar surface area (TPSA) is 8.81 Å². The van der Waals surface area contributed by atoms with Crippen LogP contribution in [0.25, 0.3) is 0 Å². The van der Waals surface area contributed by atoms with Crippen molar-refractivity contribution >= 4 is 0 Å². The first-order valence-corrected chi connectivity index (χ1v) is 4.41. The second-order valence-electron chi connectivity index (χ2n) is 3.18. The third kappa shape index (κ3) is 1.97. The maximum absolute atomic E-state index is 2.17. The zero-order valence-electron chi connectivity index (χ0n) is 8.31. The van der Waals surface area contributed by atoms with Gasteiger partial charge in [-0.25, -0.2) is 0 Å². The van der Waals surface area contributed by atoms with Gasteiger partial charge in [0.05, 0.1) is 11.4 Å². The van der Waals surface area contributed by atoms with Crippen molar-refractivity contribution in [2.45, 2.75) is 13.8 Å². The summed E-state index contributed by atoms with van der Waals surface area (Å²) in [7, 11) is 0. The van der Waals surface area contributed by atoms with E-state index in [0.29, 0.717) is 0 Å². The number of aromatic nitrogens is 2. The summed E-state index contributed by atoms with van der Waals surface area (Å²) in [5, 5.41) is 0. The molecule has 0 unspecified atom stereocenters. The Kier molecular flexibility index (Phi) is 3.69. The molecule has 2 nitrogen and oxygen atoms in total. The molecular weight excluding hydrogens is 287 g/mol. The molecule has 2 aromatic heterocycles. The number of hydrogen-bond donors (Lipinski definition) is 0. The lowest BCUT2D eigenvalue weighted by Crippen LogP contribution is -3.00. The molecule has 0 N–H and O–H groups in total. The fourth-order valence-corrected chi connectivity index (χ4v) is 1.55. The van der Waals surface area contributed by atoms with Gasteiger partial charge in [0.2, 0.25) is 0 Å². The minimum atomic E-state index is 0. The average molecular weight is 300 g/mol. The molecule has 0 radical (unpaired) electrons. The molecular formula is C11H13IN2. The number of pyridine rings is 1. The molecule has 0 saturated heterocycles. The Labute approximate surface area is 101 Å². The lowest BCUT2D eigenvalue weighted by molar-refractivity contribution is -0.729. The van der Waals surface area contributed by atoms with E-state index >= 15 is 0 Å². The van der Waals surface area contributed by atoms with E-state index in [9.17, 15) is 0 Å². The highest BCUT2D eigenvalue weighted by Gasteiger charge is 2.07. The van der Waals surface area contributed by atoms with Crippen molar-refractivity contribution < 1.29 is 28.7 Å². The molecule has 14 heavy (non-hydrogen) atoms. The molecule has 3 heteroatoms. The van der Waals surface area contributed by atoms with E-state index in [4.69, 9.17) is 0 Å². The standard InChI is InChI=1S/C11H13N2.HI/c1-10-6-7-11(2)13(10)12-8-4-3-5-9-12;/h3-9H,1-2H3;1H/q+1;/p-1. The minimum absolute atomic E-state index is 0. The molecule has 0 aliphatic heterocycles. The van der Waals surface area contributed by atoms with Gasteiger partial charge in [-0.2, -0.15) is 0 Å². The summed E-state index contributed by atoms with van der Waals surface area (Å²) in [6.07, 6.45) is 4.08. The van der Waals surface area contributed by atoms with Crippen molar-refractivity contribution in [1.29, 1.82) is 0 Å². The van der Waals surface area contributed by atoms with Crippen LogP contribution in [0.2, 0.25) is 0 Å². The second-order valence-corrected chi connectivity index (χ2v) is 3.18. The van der Waals surface area contributed by atoms with Gasteiger partial charge in [0, 0.05) is 12.1 Å². The Morgan fingerprint density at radius 1 is 0.929 bits per heavy atom. The Morgan fingerprint density at radius 3 is 1.93 bits per heavy atom. The van der Waals surface area contributed by atoms with Gasteiger partial charge < -0.3 is 24.0 Å². The third-order valence-corrected chi connectivity index (χ3v) is 2.16. The number of halogens is 1. The van der Waals surface area contributed by atoms with Crippen molar-refractivity contribution in [3.63, 3.8) is 0 Å². The van der Waals surface area contributed by atoms with Gasteiger partial charge in [-0.15, -0.1) is 4.68 Å². The van der Waals surface area contributed by atoms with Gasteiger partial charge in [0.25, 0.3) is 0 Å². The van der Waals surface area contributed by atoms with Crippen LogP contribution in [0.1, 0.15) is 11.4 Å². The zero-order valence-corrected chi connectivity index (χ0v) is 10.5. The number of nitrogens with zero attached hydrogens (tertiary/aromatic N) is 2. The van der Waals surface area contributed by atoms with Gasteiger partial charge in [-0.05, 0) is 26.0 Å². The van der Waals surface area contributed by atoms with E-state index in [2.05, 4.69) is 35.3 Å². The van der Waals surface area contributed by atoms with Crippen LogP contribution in [0.5, 0.6) is 0 Å². The molecule has 0 bridgehead atoms. The Balaban J connectivity index is 0.000000980. The summed E-state index contributed by atoms with van der Waals surface area (Å²) in [4.78, 5) is 0. The molecule has 0 aliphatic rings. The van der Waals surface area contributed by atoms with Crippen LogP contribution in [-0.2, 0) is 0 Å². The van der Waals surface area contributed by atoms with Crippen molar-refractivity contribution in [2.75, 3.05) is 0 Å². The number of aryl methyl sites for hydroxylation is 2. The van der Waals surface area contributed by atoms with Crippen molar-refractivity contribution in [1.82, 2.24) is 4.68 Å². The smallest absolute Gasteiger partial charge is 0.200 e. The average Bonchev–Trinajstić information content (AvgIpc) is 2.48. The summed E-state index contributed by atoms with van der Waals surface area (Å²) >= 11 is 0. The van der Waals surface area contributed by atoms with Crippen LogP contribution >= 0.6 is 0 Å². The Hall–Kier alpha value is -0.840. The van der Waals surface area contributed by atoms with Gasteiger partial charge in [0.15, 0.2) is 12.4 Å². The van der Waals surface area contributed by atoms with Crippen LogP contribution in [0, 0.1) is 13.8 Å². The van der Waals surface area contributed by atoms with Crippen molar-refractivity contribution in [3.8, 4) is 0 Å². The van der Waals surface area contributed by atoms with Crippen molar-refractivity contribution in [2.24, 2.45) is 0 Å². The molecule has 0 aliphatic carbocycles. The summed E-state index contributed by atoms with van der Waals surface area (Å²) in [6, 6.07) is 10.3. The zero-order chi connectivity index (χ0) is 9.26. The third-order valence-electron chi connectivity index (χ3n) is 2.16. The second kappa shape index (κ2) is 4.59. The molecule has 0 atom stereocenters. The fourth-order valence-electron chi connectivity index (χ4n) is 1.55. The van der Waals surface area contributed by atoms with Gasteiger partial charge in [-0.1, -0.05) is 10.7 Å². The maximum atomic E-state index is 2.17. The van der Waals surface area contributed by atoms with E-state index in [0.717, 1.165) is 0 Å². The van der Waals surface area contributed by atoms with E-state index in [1.54, 1.807) is 0 Å². The molecule has 2 rings (SSSR count). The van der Waals surface area contributed by atoms with E-state index in [1.165, 1.54) is 11.4 Å². The SMILES string of the molecule is Cc1ccc(C)n1-[n+]1ccccc1.[I-]. The lowest BCUT2D eigenvalue weighted by Gasteiger charge is -2.00. The van der Waals surface area contributed by atoms with E-state index in [-0.39, 0.29) is 24.0 Å². The first-order valence-electron chi connectivity index (χ1n) is 4.41. The molecule has 0 amide bonds. The fraction of sp³-hybridized carbons (Fsp3) is 0.182. The number of rotatable bonds is 1. The van der Waals surface area contributed by atoms with Gasteiger partial charge in [0.1, 0.15) is 0 Å². The molecule has 2 aromatic rings. The lowest BCUT2D eigenvalue weighted by atomic mass is 10.5. The van der Waals surface area contributed by atoms with E-state index in [1.807, 2.05) is 30.6 Å².